The molecule has 4 heterocycles. The molecule has 526 valence electrons. The number of fused-ring (bicyclic) bond motifs is 12. The van der Waals surface area contributed by atoms with Gasteiger partial charge in [-0.1, -0.05) is 339 Å². The Morgan fingerprint density at radius 3 is 0.883 bits per heavy atom. The van der Waals surface area contributed by atoms with Crippen LogP contribution in [-0.4, -0.2) is 15.8 Å². The molecule has 0 fully saturated rings. The summed E-state index contributed by atoms with van der Waals surface area (Å²) in [4.78, 5) is 5.44. The molecule has 0 atom stereocenters. The fourth-order valence-electron chi connectivity index (χ4n) is 18.6. The van der Waals surface area contributed by atoms with E-state index in [2.05, 4.69) is 431 Å². The van der Waals surface area contributed by atoms with Crippen LogP contribution < -0.4 is 26.2 Å². The standard InChI is InChI=1S/C106H79BN4/c1-105(2,3)74-54-60-94-88(64-74)82-42-26-28-52-92(82)108(94)76-56-58-90-96(66-76)110(103-78(68-32-12-7-13-33-68)48-30-49-79(103)69-34-14-8-15-35-69)98-62-73(101-86-46-24-22-44-84(86)100(72-40-20-11-21-41-72)85-45-23-25-47-87(85)101)63-99-102(98)107(90)91-59-57-77(109-93-53-29-27-43-83(93)89-65-75(106(4,5)6)55-61-95(89)109)67-97(91)111(99)104-80(70-36-16-9-17-37-70)50-31-51-81(104)71-38-18-10-19-39-71/h7-67H,1-6H3. The number of nitrogens with zero attached hydrogens (tertiary/aromatic N) is 4. The van der Waals surface area contributed by atoms with Gasteiger partial charge < -0.3 is 18.9 Å². The largest absolute Gasteiger partial charge is 0.310 e. The van der Waals surface area contributed by atoms with E-state index in [1.54, 1.807) is 0 Å². The number of hydrogen-bond donors (Lipinski definition) is 0. The minimum atomic E-state index is -0.299. The summed E-state index contributed by atoms with van der Waals surface area (Å²) in [6.07, 6.45) is 0. The van der Waals surface area contributed by atoms with E-state index in [9.17, 15) is 0 Å². The molecule has 0 spiro atoms. The summed E-state index contributed by atoms with van der Waals surface area (Å²) in [6, 6.07) is 140. The Morgan fingerprint density at radius 1 is 0.225 bits per heavy atom. The second-order valence-electron chi connectivity index (χ2n) is 32.3. The lowest BCUT2D eigenvalue weighted by molar-refractivity contribution is 0.591. The summed E-state index contributed by atoms with van der Waals surface area (Å²) < 4.78 is 5.07. The van der Waals surface area contributed by atoms with E-state index in [1.165, 1.54) is 98.3 Å². The van der Waals surface area contributed by atoms with E-state index in [4.69, 9.17) is 0 Å². The van der Waals surface area contributed by atoms with Crippen LogP contribution in [-0.2, 0) is 10.8 Å². The average molecular weight is 1420 g/mol. The fraction of sp³-hybridized carbons (Fsp3) is 0.0755. The Bertz CT molecular complexity index is 6450. The van der Waals surface area contributed by atoms with Gasteiger partial charge in [0.05, 0.1) is 33.4 Å². The molecule has 111 heavy (non-hydrogen) atoms. The zero-order chi connectivity index (χ0) is 74.4. The molecular weight excluding hydrogens is 1340 g/mol. The molecule has 21 rings (SSSR count). The molecule has 0 N–H and O–H groups in total. The molecule has 0 radical (unpaired) electrons. The molecule has 0 bridgehead atoms. The van der Waals surface area contributed by atoms with Gasteiger partial charge in [0.15, 0.2) is 0 Å². The maximum absolute atomic E-state index is 2.72. The van der Waals surface area contributed by atoms with Crippen molar-refractivity contribution in [2.75, 3.05) is 9.80 Å². The summed E-state index contributed by atoms with van der Waals surface area (Å²) in [5.41, 5.74) is 33.3. The van der Waals surface area contributed by atoms with E-state index < -0.39 is 0 Å². The predicted molar refractivity (Wildman–Crippen MR) is 474 cm³/mol. The van der Waals surface area contributed by atoms with Crippen molar-refractivity contribution >= 4 is 122 Å². The zero-order valence-corrected chi connectivity index (χ0v) is 63.1. The summed E-state index contributed by atoms with van der Waals surface area (Å²) in [6.45, 7) is 13.6. The number of hydrogen-bond acceptors (Lipinski definition) is 2. The van der Waals surface area contributed by atoms with Crippen LogP contribution in [0.4, 0.5) is 34.1 Å². The number of rotatable bonds is 10. The normalized spacial score (nSPS) is 12.7. The van der Waals surface area contributed by atoms with Crippen molar-refractivity contribution in [3.63, 3.8) is 0 Å². The van der Waals surface area contributed by atoms with Gasteiger partial charge in [-0.15, -0.1) is 0 Å². The zero-order valence-electron chi connectivity index (χ0n) is 63.1. The summed E-state index contributed by atoms with van der Waals surface area (Å²) in [5, 5.41) is 9.70. The molecule has 0 unspecified atom stereocenters. The van der Waals surface area contributed by atoms with Gasteiger partial charge in [-0.2, -0.15) is 0 Å². The highest BCUT2D eigenvalue weighted by molar-refractivity contribution is 7.00. The van der Waals surface area contributed by atoms with Gasteiger partial charge in [0.25, 0.3) is 6.71 Å². The lowest BCUT2D eigenvalue weighted by atomic mass is 9.33. The summed E-state index contributed by atoms with van der Waals surface area (Å²) >= 11 is 0. The molecule has 4 nitrogen and oxygen atoms in total. The molecule has 0 amide bonds. The minimum Gasteiger partial charge on any atom is -0.310 e. The third-order valence-corrected chi connectivity index (χ3v) is 23.8. The van der Waals surface area contributed by atoms with Gasteiger partial charge in [0.2, 0.25) is 0 Å². The first-order valence-corrected chi connectivity index (χ1v) is 39.0. The van der Waals surface area contributed by atoms with Crippen LogP contribution in [0.15, 0.2) is 370 Å². The van der Waals surface area contributed by atoms with Crippen molar-refractivity contribution < 1.29 is 0 Å². The quantitative estimate of drug-likeness (QED) is 0.100. The number of aromatic nitrogens is 2. The lowest BCUT2D eigenvalue weighted by Gasteiger charge is -2.46. The Kier molecular flexibility index (Phi) is 15.2. The van der Waals surface area contributed by atoms with E-state index in [1.807, 2.05) is 0 Å². The molecule has 0 saturated heterocycles. The molecule has 17 aromatic carbocycles. The first-order chi connectivity index (χ1) is 54.4. The Balaban J connectivity index is 0.964. The highest BCUT2D eigenvalue weighted by Gasteiger charge is 2.46. The van der Waals surface area contributed by atoms with E-state index >= 15 is 0 Å². The van der Waals surface area contributed by atoms with E-state index in [-0.39, 0.29) is 17.5 Å². The van der Waals surface area contributed by atoms with E-state index in [0.29, 0.717) is 0 Å². The number of benzene rings is 17. The monoisotopic (exact) mass is 1420 g/mol. The SMILES string of the molecule is CC(C)(C)c1ccc2c(c1)c1ccccc1n2-c1ccc2c(c1)N(c1c(-c3ccccc3)cccc1-c1ccccc1)c1cc(-c3c4ccccc4c(-c4ccccc4)c4ccccc34)cc3c1B2c1ccc(-n2c4ccccc4c4cc(C(C)(C)C)ccc42)cc1N3c1c(-c2ccccc2)cccc1-c1ccccc1. The topological polar surface area (TPSA) is 16.3 Å². The Morgan fingerprint density at radius 2 is 0.532 bits per heavy atom. The highest BCUT2D eigenvalue weighted by Crippen LogP contribution is 2.56. The lowest BCUT2D eigenvalue weighted by Crippen LogP contribution is -2.61. The predicted octanol–water partition coefficient (Wildman–Crippen LogP) is 26.9. The second-order valence-corrected chi connectivity index (χ2v) is 32.3. The minimum absolute atomic E-state index is 0.0566. The van der Waals surface area contributed by atoms with Crippen molar-refractivity contribution in [1.29, 1.82) is 0 Å². The molecule has 5 heteroatoms. The van der Waals surface area contributed by atoms with Crippen LogP contribution in [0.5, 0.6) is 0 Å². The van der Waals surface area contributed by atoms with Crippen molar-refractivity contribution in [2.45, 2.75) is 52.4 Å². The maximum Gasteiger partial charge on any atom is 0.252 e. The number of anilines is 6. The molecule has 0 aliphatic carbocycles. The third-order valence-electron chi connectivity index (χ3n) is 23.8. The highest BCUT2D eigenvalue weighted by atomic mass is 15.2. The number of para-hydroxylation sites is 4. The Labute approximate surface area is 648 Å². The summed E-state index contributed by atoms with van der Waals surface area (Å²) in [7, 11) is 0. The molecule has 0 saturated carbocycles. The first-order valence-electron chi connectivity index (χ1n) is 39.0. The van der Waals surface area contributed by atoms with Crippen LogP contribution in [0.25, 0.3) is 143 Å². The smallest absolute Gasteiger partial charge is 0.252 e. The van der Waals surface area contributed by atoms with Crippen LogP contribution in [0.2, 0.25) is 0 Å². The molecule has 19 aromatic rings. The van der Waals surface area contributed by atoms with Crippen molar-refractivity contribution in [2.24, 2.45) is 0 Å². The molecular formula is C106H79BN4. The van der Waals surface area contributed by atoms with Crippen molar-refractivity contribution in [1.82, 2.24) is 9.13 Å². The van der Waals surface area contributed by atoms with Crippen molar-refractivity contribution in [3.8, 4) is 78.1 Å². The van der Waals surface area contributed by atoms with Gasteiger partial charge >= 0.3 is 0 Å². The van der Waals surface area contributed by atoms with Crippen LogP contribution in [0.1, 0.15) is 52.7 Å². The van der Waals surface area contributed by atoms with Gasteiger partial charge in [-0.3, -0.25) is 0 Å². The maximum atomic E-state index is 2.72. The van der Waals surface area contributed by atoms with Crippen LogP contribution in [0, 0.1) is 0 Å². The van der Waals surface area contributed by atoms with Gasteiger partial charge in [0.1, 0.15) is 0 Å². The van der Waals surface area contributed by atoms with Gasteiger partial charge in [-0.25, -0.2) is 0 Å². The second kappa shape index (κ2) is 25.6. The average Bonchev–Trinajstić information content (AvgIpc) is 1.16. The van der Waals surface area contributed by atoms with Gasteiger partial charge in [-0.05, 0) is 177 Å². The summed E-state index contributed by atoms with van der Waals surface area (Å²) in [5.74, 6) is 0. The van der Waals surface area contributed by atoms with Crippen molar-refractivity contribution in [3.05, 3.63) is 381 Å². The molecule has 2 aliphatic heterocycles. The Hall–Kier alpha value is -13.5. The van der Waals surface area contributed by atoms with Crippen LogP contribution in [0.3, 0.4) is 0 Å². The molecule has 2 aromatic heterocycles. The first kappa shape index (κ1) is 65.8. The molecule has 2 aliphatic rings. The third kappa shape index (κ3) is 10.5. The van der Waals surface area contributed by atoms with Gasteiger partial charge in [0, 0.05) is 77.9 Å². The van der Waals surface area contributed by atoms with Crippen LogP contribution >= 0.6 is 0 Å². The fourth-order valence-corrected chi connectivity index (χ4v) is 18.6. The van der Waals surface area contributed by atoms with E-state index in [0.717, 1.165) is 107 Å².